The van der Waals surface area contributed by atoms with Gasteiger partial charge in [-0.15, -0.1) is 0 Å². The first-order valence-electron chi connectivity index (χ1n) is 19.4. The van der Waals surface area contributed by atoms with Crippen LogP contribution in [0.3, 0.4) is 0 Å². The molecule has 0 aliphatic carbocycles. The zero-order chi connectivity index (χ0) is 40.9. The monoisotopic (exact) mass is 836 g/mol. The van der Waals surface area contributed by atoms with Crippen LogP contribution in [0.4, 0.5) is 9.59 Å². The third-order valence-electron chi connectivity index (χ3n) is 10.8. The number of nitrogens with zero attached hydrogens (tertiary/aromatic N) is 6. The van der Waals surface area contributed by atoms with Gasteiger partial charge >= 0.3 is 12.2 Å². The van der Waals surface area contributed by atoms with Gasteiger partial charge in [0.25, 0.3) is 0 Å². The summed E-state index contributed by atoms with van der Waals surface area (Å²) in [6.45, 7) is 15.4. The Balaban J connectivity index is 0.000000174. The van der Waals surface area contributed by atoms with Crippen LogP contribution < -0.4 is 9.47 Å². The van der Waals surface area contributed by atoms with Crippen molar-refractivity contribution in [3.8, 4) is 35.0 Å². The molecule has 2 saturated heterocycles. The maximum Gasteiger partial charge on any atom is 0.410 e. The van der Waals surface area contributed by atoms with Crippen LogP contribution in [-0.2, 0) is 26.0 Å². The summed E-state index contributed by atoms with van der Waals surface area (Å²) in [6.07, 6.45) is 1.99. The highest BCUT2D eigenvalue weighted by Gasteiger charge is 2.47. The van der Waals surface area contributed by atoms with Crippen molar-refractivity contribution in [2.75, 3.05) is 26.2 Å². The second-order valence-electron chi connectivity index (χ2n) is 17.1. The van der Waals surface area contributed by atoms with Gasteiger partial charge < -0.3 is 28.7 Å². The Labute approximate surface area is 342 Å². The molecule has 8 rings (SSSR count). The van der Waals surface area contributed by atoms with Crippen LogP contribution >= 0.6 is 15.9 Å². The van der Waals surface area contributed by atoms with E-state index in [1.165, 1.54) is 0 Å². The molecule has 4 aromatic rings. The number of carbonyl (C=O) groups excluding carboxylic acids is 2. The normalized spacial score (nSPS) is 17.2. The molecule has 2 amide bonds. The van der Waals surface area contributed by atoms with Gasteiger partial charge in [0, 0.05) is 57.2 Å². The summed E-state index contributed by atoms with van der Waals surface area (Å²) >= 11 is 3.50. The number of ether oxygens (including phenoxy) is 4. The van der Waals surface area contributed by atoms with Crippen LogP contribution in [0.2, 0.25) is 0 Å². The van der Waals surface area contributed by atoms with E-state index >= 15 is 0 Å². The Hall–Kier alpha value is -5.40. The molecule has 6 heterocycles. The average molecular weight is 838 g/mol. The quantitative estimate of drug-likeness (QED) is 0.173. The minimum absolute atomic E-state index is 0.289. The highest BCUT2D eigenvalue weighted by molar-refractivity contribution is 9.08. The number of likely N-dealkylation sites (tertiary alicyclic amines) is 2. The maximum absolute atomic E-state index is 12.5. The smallest absolute Gasteiger partial charge is 0.410 e. The number of hydrogen-bond donors (Lipinski definition) is 0. The fraction of sp³-hybridized carbons (Fsp3) is 0.455. The number of aryl methyl sites for hydroxylation is 1. The van der Waals surface area contributed by atoms with Crippen molar-refractivity contribution in [1.29, 1.82) is 10.5 Å². The SMILES string of the molecule is CC(C)(C)OC(=O)N1CCC2(CC1)Oc1cc(CBr)ccc1-n1c(C#N)ccc12.Cc1ccc2c(c1)OC1(CCN(C(=O)OC(C)(C)C)CC1)c1ccc(C#N)n1-2. The number of amides is 2. The molecule has 0 saturated carbocycles. The van der Waals surface area contributed by atoms with Crippen LogP contribution in [0, 0.1) is 29.6 Å². The molecular formula is C44H49BrN6O6. The molecular weight excluding hydrogens is 788 g/mol. The lowest BCUT2D eigenvalue weighted by Crippen LogP contribution is -2.51. The Morgan fingerprint density at radius 1 is 0.684 bits per heavy atom. The van der Waals surface area contributed by atoms with Gasteiger partial charge in [-0.3, -0.25) is 9.13 Å². The van der Waals surface area contributed by atoms with Crippen molar-refractivity contribution >= 4 is 28.1 Å². The molecule has 0 N–H and O–H groups in total. The van der Waals surface area contributed by atoms with Gasteiger partial charge in [-0.25, -0.2) is 9.59 Å². The average Bonchev–Trinajstić information content (AvgIpc) is 3.80. The first kappa shape index (κ1) is 39.8. The Bertz CT molecular complexity index is 2280. The number of piperidine rings is 2. The summed E-state index contributed by atoms with van der Waals surface area (Å²) in [7, 11) is 0. The molecule has 0 radical (unpaired) electrons. The van der Waals surface area contributed by atoms with Crippen molar-refractivity contribution < 1.29 is 28.5 Å². The van der Waals surface area contributed by atoms with Crippen LogP contribution in [0.25, 0.3) is 11.4 Å². The molecule has 298 valence electrons. The van der Waals surface area contributed by atoms with Crippen LogP contribution in [-0.4, -0.2) is 68.5 Å². The van der Waals surface area contributed by atoms with E-state index in [1.807, 2.05) is 118 Å². The molecule has 2 aromatic carbocycles. The first-order valence-corrected chi connectivity index (χ1v) is 20.5. The van der Waals surface area contributed by atoms with Gasteiger partial charge in [-0.1, -0.05) is 28.1 Å². The van der Waals surface area contributed by atoms with Crippen LogP contribution in [0.15, 0.2) is 60.7 Å². The molecule has 57 heavy (non-hydrogen) atoms. The lowest BCUT2D eigenvalue weighted by Gasteiger charge is -2.45. The highest BCUT2D eigenvalue weighted by Crippen LogP contribution is 2.48. The van der Waals surface area contributed by atoms with E-state index in [0.29, 0.717) is 63.3 Å². The Morgan fingerprint density at radius 2 is 1.11 bits per heavy atom. The summed E-state index contributed by atoms with van der Waals surface area (Å²) in [5, 5.41) is 20.0. The number of aromatic nitrogens is 2. The largest absolute Gasteiger partial charge is 0.479 e. The molecule has 0 atom stereocenters. The molecule has 2 spiro atoms. The first-order chi connectivity index (χ1) is 27.0. The molecule has 12 nitrogen and oxygen atoms in total. The number of hydrogen-bond acceptors (Lipinski definition) is 8. The van der Waals surface area contributed by atoms with Gasteiger partial charge in [0.2, 0.25) is 0 Å². The van der Waals surface area contributed by atoms with Gasteiger partial charge in [0.15, 0.2) is 11.2 Å². The molecule has 13 heteroatoms. The Morgan fingerprint density at radius 3 is 1.51 bits per heavy atom. The number of alkyl halides is 1. The lowest BCUT2D eigenvalue weighted by molar-refractivity contribution is -0.0277. The lowest BCUT2D eigenvalue weighted by atomic mass is 9.86. The summed E-state index contributed by atoms with van der Waals surface area (Å²) < 4.78 is 28.2. The molecule has 4 aliphatic rings. The van der Waals surface area contributed by atoms with E-state index < -0.39 is 22.4 Å². The van der Waals surface area contributed by atoms with Gasteiger partial charge in [-0.2, -0.15) is 10.5 Å². The number of halogens is 1. The topological polar surface area (TPSA) is 135 Å². The Kier molecular flexibility index (Phi) is 10.4. The zero-order valence-electron chi connectivity index (χ0n) is 33.6. The van der Waals surface area contributed by atoms with E-state index in [0.717, 1.165) is 50.7 Å². The number of carbonyl (C=O) groups is 2. The summed E-state index contributed by atoms with van der Waals surface area (Å²) in [5.41, 5.74) is 4.97. The molecule has 2 aromatic heterocycles. The van der Waals surface area contributed by atoms with Gasteiger partial charge in [-0.05, 0) is 108 Å². The van der Waals surface area contributed by atoms with Crippen molar-refractivity contribution in [2.45, 2.75) is 102 Å². The fourth-order valence-corrected chi connectivity index (χ4v) is 8.42. The highest BCUT2D eigenvalue weighted by atomic mass is 79.9. The summed E-state index contributed by atoms with van der Waals surface area (Å²) in [5.74, 6) is 1.55. The minimum Gasteiger partial charge on any atom is -0.479 e. The van der Waals surface area contributed by atoms with Gasteiger partial charge in [0.1, 0.15) is 46.2 Å². The van der Waals surface area contributed by atoms with E-state index in [2.05, 4.69) is 28.1 Å². The third kappa shape index (κ3) is 7.70. The van der Waals surface area contributed by atoms with Crippen molar-refractivity contribution in [3.05, 3.63) is 94.6 Å². The number of rotatable bonds is 1. The third-order valence-corrected chi connectivity index (χ3v) is 11.4. The summed E-state index contributed by atoms with van der Waals surface area (Å²) in [6, 6.07) is 24.3. The van der Waals surface area contributed by atoms with Gasteiger partial charge in [0.05, 0.1) is 22.8 Å². The minimum atomic E-state index is -0.564. The van der Waals surface area contributed by atoms with Crippen LogP contribution in [0.1, 0.15) is 101 Å². The van der Waals surface area contributed by atoms with Crippen molar-refractivity contribution in [3.63, 3.8) is 0 Å². The van der Waals surface area contributed by atoms with E-state index in [4.69, 9.17) is 18.9 Å². The molecule has 0 bridgehead atoms. The number of nitriles is 2. The van der Waals surface area contributed by atoms with Crippen LogP contribution in [0.5, 0.6) is 11.5 Å². The predicted octanol–water partition coefficient (Wildman–Crippen LogP) is 9.14. The number of benzene rings is 2. The second-order valence-corrected chi connectivity index (χ2v) is 17.7. The van der Waals surface area contributed by atoms with Crippen molar-refractivity contribution in [1.82, 2.24) is 18.9 Å². The fourth-order valence-electron chi connectivity index (χ4n) is 8.07. The summed E-state index contributed by atoms with van der Waals surface area (Å²) in [4.78, 5) is 28.4. The number of fused-ring (bicyclic) bond motifs is 8. The molecule has 4 aliphatic heterocycles. The van der Waals surface area contributed by atoms with E-state index in [9.17, 15) is 20.1 Å². The predicted molar refractivity (Wildman–Crippen MR) is 217 cm³/mol. The second kappa shape index (κ2) is 14.8. The standard InChI is InChI=1S/C22H24BrN3O3.C22H25N3O3/c1-21(2,3)29-20(27)25-10-8-22(9-11-25)19-7-5-16(14-24)26(19)17-6-4-15(13-23)12-18(17)28-22;1-15-5-7-17-18(13-15)27-22(19-8-6-16(14-23)25(17)19)9-11-24(12-10-22)20(26)28-21(2,3)4/h4-7,12H,8-11,13H2,1-3H3;5-8,13H,9-12H2,1-4H3. The molecule has 2 fully saturated rings. The molecule has 0 unspecified atom stereocenters. The maximum atomic E-state index is 12.5. The van der Waals surface area contributed by atoms with E-state index in [-0.39, 0.29) is 12.2 Å². The van der Waals surface area contributed by atoms with E-state index in [1.54, 1.807) is 9.80 Å². The van der Waals surface area contributed by atoms with Crippen molar-refractivity contribution in [2.24, 2.45) is 0 Å². The zero-order valence-corrected chi connectivity index (χ0v) is 35.2.